The van der Waals surface area contributed by atoms with Crippen molar-refractivity contribution in [1.82, 2.24) is 0 Å². The molecule has 0 bridgehead atoms. The summed E-state index contributed by atoms with van der Waals surface area (Å²) in [5.41, 5.74) is 0. The topological polar surface area (TPSA) is 80.3 Å². The van der Waals surface area contributed by atoms with Crippen LogP contribution in [0, 0.1) is 6.92 Å². The van der Waals surface area contributed by atoms with E-state index in [1.165, 1.54) is 212 Å². The Labute approximate surface area is 340 Å². The second kappa shape index (κ2) is 56.5. The molecule has 305 valence electrons. The van der Waals surface area contributed by atoms with Crippen molar-refractivity contribution in [3.63, 3.8) is 0 Å². The van der Waals surface area contributed by atoms with Crippen molar-refractivity contribution in [3.8, 4) is 0 Å². The molecule has 0 aromatic carbocycles. The Morgan fingerprint density at radius 2 is 0.490 bits per heavy atom. The van der Waals surface area contributed by atoms with Crippen LogP contribution in [0.3, 0.4) is 0 Å². The summed E-state index contributed by atoms with van der Waals surface area (Å²) in [6.45, 7) is 10.6. The predicted octanol–water partition coefficient (Wildman–Crippen LogP) is 13.8. The van der Waals surface area contributed by atoms with Crippen molar-refractivity contribution in [2.45, 2.75) is 278 Å². The summed E-state index contributed by atoms with van der Waals surface area (Å²) in [5, 5.41) is 20.5. The molecule has 0 aromatic rings. The minimum atomic E-state index is -0.902. The van der Waals surface area contributed by atoms with E-state index in [9.17, 15) is 19.8 Å². The number of carboxylic acid groups (broad SMARTS) is 2. The van der Waals surface area contributed by atoms with Gasteiger partial charge in [-0.05, 0) is 25.7 Å². The summed E-state index contributed by atoms with van der Waals surface area (Å²) < 4.78 is 0. The number of aliphatic carboxylic acids is 2. The molecule has 0 aromatic heterocycles. The van der Waals surface area contributed by atoms with E-state index >= 15 is 0 Å². The summed E-state index contributed by atoms with van der Waals surface area (Å²) in [6.07, 6.45) is 50.6. The summed E-state index contributed by atoms with van der Waals surface area (Å²) in [7, 11) is 0. The Morgan fingerprint density at radius 1 is 0.333 bits per heavy atom. The van der Waals surface area contributed by atoms with Crippen molar-refractivity contribution >= 4 is 35.8 Å². The first-order valence-corrected chi connectivity index (χ1v) is 22.6. The van der Waals surface area contributed by atoms with Crippen LogP contribution >= 0.6 is 0 Å². The number of carbonyl (C=O) groups excluding carboxylic acids is 2. The average molecular weight is 829 g/mol. The molecule has 0 atom stereocenters. The molecule has 0 amide bonds. The van der Waals surface area contributed by atoms with Gasteiger partial charge in [0.2, 0.25) is 0 Å². The largest absolute Gasteiger partial charge is 2.00 e. The molecule has 0 heterocycles. The monoisotopic (exact) mass is 830 g/mol. The smallest absolute Gasteiger partial charge is 0.550 e. The number of unbranched alkanes of at least 4 members (excludes halogenated alkanes) is 35. The third-order valence-electron chi connectivity index (χ3n) is 9.82. The standard InChI is InChI=1S/2C19H38O2.C8H17.Sn.H2/c2*1-2-3-4-5-6-7-8-9-10-11-12-13-14-15-16-17-18-19(20)21;1-3-5-7-8-6-4-2;;/h2*2-18H2,1H3,(H,20,21);1,3-8H2,2H3;;1H/q;;;+2;/p-2. The normalized spacial score (nSPS) is 10.5. The molecule has 4 nitrogen and oxygen atoms in total. The molecule has 3 radical (unpaired) electrons. The average Bonchev–Trinajstić information content (AvgIpc) is 3.10. The SMILES string of the molecule is CCCCCCCCCCCCCCCCCCC(=O)[O-].CCCCCCCCCCCCCCCCCCC(=O)[O-].[CH2]CCCCCCC.[HH].[Sn+2]. The first-order chi connectivity index (χ1) is 24.5. The van der Waals surface area contributed by atoms with Gasteiger partial charge in [-0.3, -0.25) is 0 Å². The molecule has 0 unspecified atom stereocenters. The van der Waals surface area contributed by atoms with Gasteiger partial charge in [0.1, 0.15) is 0 Å². The van der Waals surface area contributed by atoms with Crippen molar-refractivity contribution < 1.29 is 21.2 Å². The van der Waals surface area contributed by atoms with Gasteiger partial charge in [0.05, 0.1) is 0 Å². The van der Waals surface area contributed by atoms with Gasteiger partial charge in [-0.1, -0.05) is 259 Å². The number of hydrogen-bond donors (Lipinski definition) is 0. The minimum Gasteiger partial charge on any atom is -0.550 e. The van der Waals surface area contributed by atoms with Crippen LogP contribution in [0.25, 0.3) is 0 Å². The molecule has 0 N–H and O–H groups in total. The van der Waals surface area contributed by atoms with Gasteiger partial charge in [-0.2, -0.15) is 0 Å². The van der Waals surface area contributed by atoms with E-state index in [-0.39, 0.29) is 38.2 Å². The van der Waals surface area contributed by atoms with Crippen LogP contribution in [-0.2, 0) is 9.59 Å². The van der Waals surface area contributed by atoms with Gasteiger partial charge in [0.15, 0.2) is 0 Å². The first kappa shape index (κ1) is 57.5. The van der Waals surface area contributed by atoms with Crippen LogP contribution < -0.4 is 10.2 Å². The fourth-order valence-corrected chi connectivity index (χ4v) is 6.42. The Balaban J connectivity index is -0.000000227. The van der Waals surface area contributed by atoms with E-state index in [1.54, 1.807) is 0 Å². The van der Waals surface area contributed by atoms with E-state index in [2.05, 4.69) is 27.7 Å². The van der Waals surface area contributed by atoms with Crippen LogP contribution in [0.15, 0.2) is 0 Å². The second-order valence-corrected chi connectivity index (χ2v) is 15.1. The maximum atomic E-state index is 10.2. The maximum absolute atomic E-state index is 10.2. The molecule has 51 heavy (non-hydrogen) atoms. The Morgan fingerprint density at radius 3 is 0.647 bits per heavy atom. The molecule has 0 aliphatic rings. The third-order valence-corrected chi connectivity index (χ3v) is 9.82. The predicted molar refractivity (Wildman–Crippen MR) is 225 cm³/mol. The first-order valence-electron chi connectivity index (χ1n) is 22.6. The fraction of sp³-hybridized carbons (Fsp3) is 0.935. The number of carbonyl (C=O) groups is 2. The van der Waals surface area contributed by atoms with Crippen LogP contribution in [0.1, 0.15) is 279 Å². The Bertz CT molecular complexity index is 567. The zero-order valence-corrected chi connectivity index (χ0v) is 38.0. The molecule has 0 spiro atoms. The zero-order chi connectivity index (χ0) is 37.4. The van der Waals surface area contributed by atoms with Gasteiger partial charge < -0.3 is 19.8 Å². The Kier molecular flexibility index (Phi) is 63.6. The van der Waals surface area contributed by atoms with Crippen LogP contribution in [-0.4, -0.2) is 35.8 Å². The number of hydrogen-bond acceptors (Lipinski definition) is 4. The molecule has 0 rings (SSSR count). The minimum absolute atomic E-state index is 0. The fourth-order valence-electron chi connectivity index (χ4n) is 6.42. The number of carboxylic acids is 2. The van der Waals surface area contributed by atoms with E-state index in [0.717, 1.165) is 32.1 Å². The van der Waals surface area contributed by atoms with E-state index < -0.39 is 11.9 Å². The van der Waals surface area contributed by atoms with E-state index in [0.29, 0.717) is 0 Å². The molecule has 0 saturated carbocycles. The Hall–Kier alpha value is -0.261. The van der Waals surface area contributed by atoms with Crippen LogP contribution in [0.2, 0.25) is 0 Å². The van der Waals surface area contributed by atoms with E-state index in [1.807, 2.05) is 0 Å². The van der Waals surface area contributed by atoms with Crippen molar-refractivity contribution in [1.29, 1.82) is 0 Å². The molecule has 5 heteroatoms. The molecular formula is C46H93O4Sn. The molecule has 0 aliphatic carbocycles. The second-order valence-electron chi connectivity index (χ2n) is 15.1. The van der Waals surface area contributed by atoms with Crippen LogP contribution in [0.4, 0.5) is 0 Å². The van der Waals surface area contributed by atoms with Gasteiger partial charge in [0.25, 0.3) is 0 Å². The van der Waals surface area contributed by atoms with Gasteiger partial charge in [-0.15, -0.1) is 0 Å². The summed E-state index contributed by atoms with van der Waals surface area (Å²) in [6, 6.07) is 0. The molecule has 0 fully saturated rings. The summed E-state index contributed by atoms with van der Waals surface area (Å²) >= 11 is 0. The zero-order valence-electron chi connectivity index (χ0n) is 35.1. The molecule has 0 saturated heterocycles. The molecular weight excluding hydrogens is 735 g/mol. The van der Waals surface area contributed by atoms with Crippen molar-refractivity contribution in [2.24, 2.45) is 0 Å². The van der Waals surface area contributed by atoms with E-state index in [4.69, 9.17) is 0 Å². The van der Waals surface area contributed by atoms with Gasteiger partial charge in [-0.25, -0.2) is 0 Å². The van der Waals surface area contributed by atoms with Gasteiger partial charge in [0, 0.05) is 13.4 Å². The van der Waals surface area contributed by atoms with Crippen molar-refractivity contribution in [3.05, 3.63) is 6.92 Å². The quantitative estimate of drug-likeness (QED) is 0.0456. The number of rotatable bonds is 39. The summed E-state index contributed by atoms with van der Waals surface area (Å²) in [4.78, 5) is 20.5. The summed E-state index contributed by atoms with van der Waals surface area (Å²) in [5.74, 6) is -1.80. The maximum Gasteiger partial charge on any atom is 2.00 e. The molecule has 0 aliphatic heterocycles. The third kappa shape index (κ3) is 68.3. The van der Waals surface area contributed by atoms with Crippen LogP contribution in [0.5, 0.6) is 0 Å². The van der Waals surface area contributed by atoms with Crippen molar-refractivity contribution in [2.75, 3.05) is 0 Å². The van der Waals surface area contributed by atoms with Gasteiger partial charge >= 0.3 is 23.9 Å².